The van der Waals surface area contributed by atoms with Crippen molar-refractivity contribution in [3.8, 4) is 0 Å². The molecule has 0 fully saturated rings. The van der Waals surface area contributed by atoms with Crippen LogP contribution < -0.4 is 16.2 Å². The van der Waals surface area contributed by atoms with Crippen LogP contribution in [0.4, 0.5) is 32.4 Å². The molecule has 16 heteroatoms. The van der Waals surface area contributed by atoms with Crippen molar-refractivity contribution in [1.29, 1.82) is 0 Å². The molecule has 0 spiro atoms. The number of benzene rings is 1. The Bertz CT molecular complexity index is 1560. The highest BCUT2D eigenvalue weighted by molar-refractivity contribution is 5.96. The lowest BCUT2D eigenvalue weighted by atomic mass is 10.1. The molecule has 4 N–H and O–H groups in total. The van der Waals surface area contributed by atoms with Crippen molar-refractivity contribution in [3.05, 3.63) is 69.9 Å². The zero-order valence-corrected chi connectivity index (χ0v) is 22.4. The number of allylic oxidation sites excluding steroid dienone is 1. The molecule has 2 aromatic heterocycles. The molecular formula is C26H27F5N6O5. The van der Waals surface area contributed by atoms with Gasteiger partial charge in [-0.2, -0.15) is 13.2 Å². The van der Waals surface area contributed by atoms with Crippen LogP contribution in [0, 0.1) is 11.6 Å². The second-order valence-electron chi connectivity index (χ2n) is 9.40. The van der Waals surface area contributed by atoms with Crippen LogP contribution in [0.1, 0.15) is 30.7 Å². The van der Waals surface area contributed by atoms with Gasteiger partial charge in [0, 0.05) is 38.3 Å². The van der Waals surface area contributed by atoms with E-state index < -0.39 is 59.8 Å². The average Bonchev–Trinajstić information content (AvgIpc) is 3.28. The van der Waals surface area contributed by atoms with Gasteiger partial charge in [0.2, 0.25) is 11.8 Å². The van der Waals surface area contributed by atoms with Crippen molar-refractivity contribution < 1.29 is 41.4 Å². The first-order valence-electron chi connectivity index (χ1n) is 12.5. The molecule has 1 aromatic carbocycles. The number of nitrogens with one attached hydrogen (secondary N) is 3. The first kappa shape index (κ1) is 31.8. The molecule has 0 aliphatic rings. The highest BCUT2D eigenvalue weighted by Crippen LogP contribution is 2.28. The van der Waals surface area contributed by atoms with E-state index >= 15 is 0 Å². The summed E-state index contributed by atoms with van der Waals surface area (Å²) < 4.78 is 67.6. The summed E-state index contributed by atoms with van der Waals surface area (Å²) >= 11 is 0. The van der Waals surface area contributed by atoms with Crippen LogP contribution >= 0.6 is 0 Å². The highest BCUT2D eigenvalue weighted by atomic mass is 19.4. The van der Waals surface area contributed by atoms with E-state index in [2.05, 4.69) is 20.6 Å². The predicted octanol–water partition coefficient (Wildman–Crippen LogP) is 3.55. The fourth-order valence-corrected chi connectivity index (χ4v) is 3.93. The minimum Gasteiger partial charge on any atom is -0.465 e. The number of alkyl halides is 3. The molecule has 2 heterocycles. The van der Waals surface area contributed by atoms with Gasteiger partial charge in [0.1, 0.15) is 17.6 Å². The van der Waals surface area contributed by atoms with Crippen LogP contribution in [0.15, 0.2) is 41.3 Å². The van der Waals surface area contributed by atoms with Crippen molar-refractivity contribution in [2.24, 2.45) is 0 Å². The van der Waals surface area contributed by atoms with Crippen LogP contribution in [0.5, 0.6) is 0 Å². The normalized spacial score (nSPS) is 12.5. The number of nitrogens with zero attached hydrogens (tertiary/aromatic N) is 3. The smallest absolute Gasteiger partial charge is 0.405 e. The average molecular weight is 599 g/mol. The molecule has 3 amide bonds. The number of amides is 3. The van der Waals surface area contributed by atoms with Gasteiger partial charge in [0.25, 0.3) is 5.56 Å². The number of H-pyrrole nitrogens is 1. The maximum Gasteiger partial charge on any atom is 0.405 e. The third-order valence-electron chi connectivity index (χ3n) is 6.01. The largest absolute Gasteiger partial charge is 0.465 e. The van der Waals surface area contributed by atoms with Gasteiger partial charge in [-0.15, -0.1) is 0 Å². The molecule has 0 aliphatic carbocycles. The molecule has 0 saturated carbocycles. The number of anilines is 1. The van der Waals surface area contributed by atoms with Crippen molar-refractivity contribution in [2.75, 3.05) is 19.4 Å². The number of hydrogen-bond acceptors (Lipinski definition) is 5. The summed E-state index contributed by atoms with van der Waals surface area (Å²) in [6, 6.07) is 2.13. The number of aromatic nitrogens is 3. The first-order valence-corrected chi connectivity index (χ1v) is 12.5. The van der Waals surface area contributed by atoms with Gasteiger partial charge in [0.05, 0.1) is 17.6 Å². The Kier molecular flexibility index (Phi) is 10.0. The van der Waals surface area contributed by atoms with E-state index in [0.717, 1.165) is 10.6 Å². The summed E-state index contributed by atoms with van der Waals surface area (Å²) in [6.45, 7) is -0.305. The first-order chi connectivity index (χ1) is 19.7. The van der Waals surface area contributed by atoms with E-state index in [-0.39, 0.29) is 47.8 Å². The topological polar surface area (TPSA) is 149 Å². The summed E-state index contributed by atoms with van der Waals surface area (Å²) in [6.07, 6.45) is -4.14. The standard InChI is InChI=1S/C26H27F5N6O5/c1-36(2)20(38)8-4-3-6-16(34-25(41)42)23(39)33-17-7-5-11-37(24(17)40)13-19-32-18-12-15(27)21(28)14(22(18)35-19)9-10-26(29,30)31/h4-5,7-8,11-12,16,34H,3,6,9-10,13H2,1-2H3,(H,32,35)(H,33,39)(H,41,42)/b8-4+. The van der Waals surface area contributed by atoms with Crippen LogP contribution in [-0.4, -0.2) is 68.8 Å². The van der Waals surface area contributed by atoms with Crippen molar-refractivity contribution >= 4 is 34.6 Å². The number of carbonyl (C=O) groups is 3. The SMILES string of the molecule is CN(C)C(=O)/C=C/CCC(NC(=O)O)C(=O)Nc1cccn(Cc2nc3c(CCC(F)(F)F)c(F)c(F)cc3[nH]2)c1=O. The molecular weight excluding hydrogens is 571 g/mol. The van der Waals surface area contributed by atoms with Gasteiger partial charge in [-0.3, -0.25) is 14.4 Å². The van der Waals surface area contributed by atoms with Crippen molar-refractivity contribution in [2.45, 2.75) is 44.4 Å². The summed E-state index contributed by atoms with van der Waals surface area (Å²) in [5, 5.41) is 13.5. The van der Waals surface area contributed by atoms with E-state index in [1.807, 2.05) is 0 Å². The Morgan fingerprint density at radius 1 is 1.24 bits per heavy atom. The molecule has 1 unspecified atom stereocenters. The van der Waals surface area contributed by atoms with Gasteiger partial charge in [-0.1, -0.05) is 6.08 Å². The Balaban J connectivity index is 1.80. The molecule has 1 atom stereocenters. The van der Waals surface area contributed by atoms with Crippen molar-refractivity contribution in [1.82, 2.24) is 24.8 Å². The summed E-state index contributed by atoms with van der Waals surface area (Å²) in [4.78, 5) is 56.7. The molecule has 3 aromatic rings. The molecule has 226 valence electrons. The number of pyridine rings is 1. The van der Waals surface area contributed by atoms with E-state index in [1.165, 1.54) is 35.4 Å². The van der Waals surface area contributed by atoms with E-state index in [0.29, 0.717) is 0 Å². The van der Waals surface area contributed by atoms with Crippen molar-refractivity contribution in [3.63, 3.8) is 0 Å². The lowest BCUT2D eigenvalue weighted by molar-refractivity contribution is -0.134. The maximum atomic E-state index is 14.3. The number of aromatic amines is 1. The zero-order valence-electron chi connectivity index (χ0n) is 22.4. The Morgan fingerprint density at radius 3 is 2.60 bits per heavy atom. The summed E-state index contributed by atoms with van der Waals surface area (Å²) in [7, 11) is 3.09. The third kappa shape index (κ3) is 8.37. The Labute approximate surface area is 235 Å². The Morgan fingerprint density at radius 2 is 1.95 bits per heavy atom. The molecule has 11 nitrogen and oxygen atoms in total. The van der Waals surface area contributed by atoms with Gasteiger partial charge in [-0.05, 0) is 37.5 Å². The maximum absolute atomic E-state index is 14.3. The number of aryl methyl sites for hydroxylation is 1. The van der Waals surface area contributed by atoms with Crippen LogP contribution in [0.25, 0.3) is 11.0 Å². The molecule has 3 rings (SSSR count). The lowest BCUT2D eigenvalue weighted by Gasteiger charge is -2.16. The number of carboxylic acid groups (broad SMARTS) is 1. The fourth-order valence-electron chi connectivity index (χ4n) is 3.93. The van der Waals surface area contributed by atoms with Gasteiger partial charge >= 0.3 is 12.3 Å². The number of likely N-dealkylation sites (N-methyl/N-ethyl adjacent to an activating group) is 1. The number of carbonyl (C=O) groups excluding carboxylic acids is 2. The van der Waals surface area contributed by atoms with E-state index in [9.17, 15) is 41.1 Å². The van der Waals surface area contributed by atoms with E-state index in [4.69, 9.17) is 5.11 Å². The second kappa shape index (κ2) is 13.3. The number of rotatable bonds is 11. The molecule has 0 bridgehead atoms. The van der Waals surface area contributed by atoms with Gasteiger partial charge in [-0.25, -0.2) is 18.6 Å². The summed E-state index contributed by atoms with van der Waals surface area (Å²) in [5.41, 5.74) is -1.81. The monoisotopic (exact) mass is 598 g/mol. The van der Waals surface area contributed by atoms with Gasteiger partial charge in [0.15, 0.2) is 11.6 Å². The molecule has 0 radical (unpaired) electrons. The summed E-state index contributed by atoms with van der Waals surface area (Å²) in [5.74, 6) is -3.96. The molecule has 0 saturated heterocycles. The minimum atomic E-state index is -4.61. The number of imidazole rings is 1. The fraction of sp³-hybridized carbons (Fsp3) is 0.346. The van der Waals surface area contributed by atoms with Crippen LogP contribution in [0.3, 0.4) is 0 Å². The molecule has 42 heavy (non-hydrogen) atoms. The predicted molar refractivity (Wildman–Crippen MR) is 141 cm³/mol. The number of fused-ring (bicyclic) bond motifs is 1. The lowest BCUT2D eigenvalue weighted by Crippen LogP contribution is -2.44. The van der Waals surface area contributed by atoms with E-state index in [1.54, 1.807) is 14.1 Å². The van der Waals surface area contributed by atoms with Crippen LogP contribution in [0.2, 0.25) is 0 Å². The number of hydrogen-bond donors (Lipinski definition) is 4. The minimum absolute atomic E-state index is 0.00156. The quantitative estimate of drug-likeness (QED) is 0.196. The highest BCUT2D eigenvalue weighted by Gasteiger charge is 2.29. The molecule has 0 aliphatic heterocycles. The zero-order chi connectivity index (χ0) is 31.2. The third-order valence-corrected chi connectivity index (χ3v) is 6.01. The number of halogens is 5. The van der Waals surface area contributed by atoms with Gasteiger partial charge < -0.3 is 30.2 Å². The van der Waals surface area contributed by atoms with Crippen LogP contribution in [-0.2, 0) is 22.6 Å². The second-order valence-corrected chi connectivity index (χ2v) is 9.40. The Hall–Kier alpha value is -4.76.